The molecule has 0 aliphatic rings. The summed E-state index contributed by atoms with van der Waals surface area (Å²) in [5.74, 6) is -1.26. The molecule has 1 N–H and O–H groups in total. The Bertz CT molecular complexity index is 658. The first-order chi connectivity index (χ1) is 10.0. The van der Waals surface area contributed by atoms with E-state index in [1.807, 2.05) is 0 Å². The minimum atomic E-state index is -0.498. The zero-order valence-corrected chi connectivity index (χ0v) is 11.7. The molecule has 0 saturated carbocycles. The fraction of sp³-hybridized carbons (Fsp3) is 0.188. The van der Waals surface area contributed by atoms with Crippen molar-refractivity contribution in [2.45, 2.75) is 13.0 Å². The summed E-state index contributed by atoms with van der Waals surface area (Å²) < 4.78 is 31.6. The number of methoxy groups -OCH3 is 1. The molecule has 1 unspecified atom stereocenters. The van der Waals surface area contributed by atoms with Crippen LogP contribution in [0.1, 0.15) is 28.9 Å². The lowest BCUT2D eigenvalue weighted by Gasteiger charge is -2.15. The van der Waals surface area contributed by atoms with E-state index in [-0.39, 0.29) is 11.3 Å². The number of hydrogen-bond acceptors (Lipinski definition) is 2. The molecule has 0 aromatic heterocycles. The van der Waals surface area contributed by atoms with E-state index in [9.17, 15) is 13.6 Å². The zero-order valence-electron chi connectivity index (χ0n) is 11.7. The molecule has 5 heteroatoms. The molecule has 0 aliphatic carbocycles. The molecular weight excluding hydrogens is 276 g/mol. The number of carbonyl (C=O) groups excluding carboxylic acids is 1. The first kappa shape index (κ1) is 15.0. The quantitative estimate of drug-likeness (QED) is 0.936. The maximum Gasteiger partial charge on any atom is 0.251 e. The zero-order chi connectivity index (χ0) is 15.4. The standard InChI is InChI=1S/C16H15F2NO2/c1-10(11-6-7-15(21-2)14(18)9-11)19-16(20)12-4-3-5-13(17)8-12/h3-10H,1-2H3,(H,19,20). The van der Waals surface area contributed by atoms with Crippen molar-refractivity contribution in [3.63, 3.8) is 0 Å². The van der Waals surface area contributed by atoms with Crippen LogP contribution in [0.3, 0.4) is 0 Å². The van der Waals surface area contributed by atoms with Crippen LogP contribution in [0.2, 0.25) is 0 Å². The van der Waals surface area contributed by atoms with Crippen LogP contribution in [0.25, 0.3) is 0 Å². The lowest BCUT2D eigenvalue weighted by Crippen LogP contribution is -2.26. The summed E-state index contributed by atoms with van der Waals surface area (Å²) in [5, 5.41) is 2.69. The molecule has 1 atom stereocenters. The van der Waals surface area contributed by atoms with Crippen molar-refractivity contribution >= 4 is 5.91 Å². The average molecular weight is 291 g/mol. The molecule has 0 heterocycles. The first-order valence-corrected chi connectivity index (χ1v) is 6.41. The van der Waals surface area contributed by atoms with Gasteiger partial charge in [-0.1, -0.05) is 12.1 Å². The van der Waals surface area contributed by atoms with Crippen LogP contribution in [0, 0.1) is 11.6 Å². The molecule has 2 aromatic rings. The van der Waals surface area contributed by atoms with Crippen LogP contribution in [0.5, 0.6) is 5.75 Å². The predicted octanol–water partition coefficient (Wildman–Crippen LogP) is 3.46. The van der Waals surface area contributed by atoms with Gasteiger partial charge in [0.05, 0.1) is 13.2 Å². The molecule has 0 fully saturated rings. The van der Waals surface area contributed by atoms with E-state index in [1.54, 1.807) is 13.0 Å². The second-order valence-corrected chi connectivity index (χ2v) is 4.60. The van der Waals surface area contributed by atoms with Gasteiger partial charge in [-0.3, -0.25) is 4.79 Å². The molecule has 1 amide bonds. The van der Waals surface area contributed by atoms with Gasteiger partial charge in [0.15, 0.2) is 11.6 Å². The number of carbonyl (C=O) groups is 1. The van der Waals surface area contributed by atoms with Crippen LogP contribution in [-0.2, 0) is 0 Å². The van der Waals surface area contributed by atoms with E-state index < -0.39 is 23.6 Å². The highest BCUT2D eigenvalue weighted by Gasteiger charge is 2.13. The Labute approximate surface area is 121 Å². The monoisotopic (exact) mass is 291 g/mol. The molecular formula is C16H15F2NO2. The van der Waals surface area contributed by atoms with Crippen molar-refractivity contribution < 1.29 is 18.3 Å². The van der Waals surface area contributed by atoms with E-state index >= 15 is 0 Å². The topological polar surface area (TPSA) is 38.3 Å². The molecule has 110 valence electrons. The third-order valence-corrected chi connectivity index (χ3v) is 3.11. The van der Waals surface area contributed by atoms with Gasteiger partial charge in [-0.15, -0.1) is 0 Å². The predicted molar refractivity (Wildman–Crippen MR) is 75.2 cm³/mol. The minimum Gasteiger partial charge on any atom is -0.494 e. The summed E-state index contributed by atoms with van der Waals surface area (Å²) >= 11 is 0. The normalized spacial score (nSPS) is 11.8. The molecule has 0 radical (unpaired) electrons. The van der Waals surface area contributed by atoms with Crippen LogP contribution in [0.15, 0.2) is 42.5 Å². The third kappa shape index (κ3) is 3.56. The number of ether oxygens (including phenoxy) is 1. The van der Waals surface area contributed by atoms with Gasteiger partial charge in [0.25, 0.3) is 5.91 Å². The summed E-state index contributed by atoms with van der Waals surface area (Å²) in [6.45, 7) is 1.72. The molecule has 0 aliphatic heterocycles. The van der Waals surface area contributed by atoms with Gasteiger partial charge in [0, 0.05) is 5.56 Å². The van der Waals surface area contributed by atoms with Crippen molar-refractivity contribution in [2.75, 3.05) is 7.11 Å². The molecule has 2 rings (SSSR count). The van der Waals surface area contributed by atoms with E-state index in [0.717, 1.165) is 6.07 Å². The Hall–Kier alpha value is -2.43. The van der Waals surface area contributed by atoms with E-state index in [4.69, 9.17) is 4.74 Å². The molecule has 3 nitrogen and oxygen atoms in total. The van der Waals surface area contributed by atoms with E-state index in [0.29, 0.717) is 5.56 Å². The number of halogens is 2. The molecule has 2 aromatic carbocycles. The number of rotatable bonds is 4. The van der Waals surface area contributed by atoms with Gasteiger partial charge in [-0.25, -0.2) is 8.78 Å². The highest BCUT2D eigenvalue weighted by molar-refractivity contribution is 5.94. The van der Waals surface area contributed by atoms with Crippen LogP contribution >= 0.6 is 0 Å². The van der Waals surface area contributed by atoms with Gasteiger partial charge >= 0.3 is 0 Å². The summed E-state index contributed by atoms with van der Waals surface area (Å²) in [4.78, 5) is 12.0. The van der Waals surface area contributed by atoms with Crippen molar-refractivity contribution in [1.82, 2.24) is 5.32 Å². The van der Waals surface area contributed by atoms with Crippen molar-refractivity contribution in [3.05, 3.63) is 65.2 Å². The average Bonchev–Trinajstić information content (AvgIpc) is 2.47. The maximum atomic E-state index is 13.6. The second-order valence-electron chi connectivity index (χ2n) is 4.60. The molecule has 0 spiro atoms. The van der Waals surface area contributed by atoms with Crippen molar-refractivity contribution in [2.24, 2.45) is 0 Å². The Balaban J connectivity index is 2.12. The second kappa shape index (κ2) is 6.35. The Morgan fingerprint density at radius 2 is 1.95 bits per heavy atom. The fourth-order valence-electron chi connectivity index (χ4n) is 1.94. The summed E-state index contributed by atoms with van der Waals surface area (Å²) in [5.41, 5.74) is 0.814. The number of benzene rings is 2. The third-order valence-electron chi connectivity index (χ3n) is 3.11. The van der Waals surface area contributed by atoms with Gasteiger partial charge in [0.1, 0.15) is 5.82 Å². The number of hydrogen-bond donors (Lipinski definition) is 1. The van der Waals surface area contributed by atoms with Gasteiger partial charge in [-0.05, 0) is 42.8 Å². The largest absolute Gasteiger partial charge is 0.494 e. The smallest absolute Gasteiger partial charge is 0.251 e. The lowest BCUT2D eigenvalue weighted by atomic mass is 10.1. The Kier molecular flexibility index (Phi) is 4.52. The van der Waals surface area contributed by atoms with Crippen LogP contribution in [0.4, 0.5) is 8.78 Å². The highest BCUT2D eigenvalue weighted by atomic mass is 19.1. The summed E-state index contributed by atoms with van der Waals surface area (Å²) in [6.07, 6.45) is 0. The molecule has 0 bridgehead atoms. The minimum absolute atomic E-state index is 0.141. The van der Waals surface area contributed by atoms with E-state index in [2.05, 4.69) is 5.32 Å². The first-order valence-electron chi connectivity index (χ1n) is 6.41. The SMILES string of the molecule is COc1ccc(C(C)NC(=O)c2cccc(F)c2)cc1F. The fourth-order valence-corrected chi connectivity index (χ4v) is 1.94. The molecule has 0 saturated heterocycles. The number of nitrogens with one attached hydrogen (secondary N) is 1. The summed E-state index contributed by atoms with van der Waals surface area (Å²) in [6, 6.07) is 9.43. The molecule has 21 heavy (non-hydrogen) atoms. The maximum absolute atomic E-state index is 13.6. The lowest BCUT2D eigenvalue weighted by molar-refractivity contribution is 0.0939. The van der Waals surface area contributed by atoms with Crippen molar-refractivity contribution in [1.29, 1.82) is 0 Å². The van der Waals surface area contributed by atoms with Gasteiger partial charge in [-0.2, -0.15) is 0 Å². The van der Waals surface area contributed by atoms with Gasteiger partial charge in [0.2, 0.25) is 0 Å². The highest BCUT2D eigenvalue weighted by Crippen LogP contribution is 2.22. The summed E-state index contributed by atoms with van der Waals surface area (Å²) in [7, 11) is 1.38. The van der Waals surface area contributed by atoms with E-state index in [1.165, 1.54) is 37.4 Å². The van der Waals surface area contributed by atoms with Gasteiger partial charge < -0.3 is 10.1 Å². The van der Waals surface area contributed by atoms with Crippen LogP contribution < -0.4 is 10.1 Å². The number of amides is 1. The Morgan fingerprint density at radius 3 is 2.57 bits per heavy atom. The van der Waals surface area contributed by atoms with Crippen LogP contribution in [-0.4, -0.2) is 13.0 Å². The Morgan fingerprint density at radius 1 is 1.19 bits per heavy atom. The van der Waals surface area contributed by atoms with Crippen molar-refractivity contribution in [3.8, 4) is 5.75 Å².